The molecule has 0 aliphatic heterocycles. The molecule has 21 heavy (non-hydrogen) atoms. The molecule has 11 heteroatoms. The molecule has 0 fully saturated rings. The van der Waals surface area contributed by atoms with E-state index < -0.39 is 23.9 Å². The minimum Gasteiger partial charge on any atom is -0.333 e. The van der Waals surface area contributed by atoms with Crippen LogP contribution in [0.15, 0.2) is 0 Å². The van der Waals surface area contributed by atoms with E-state index in [1.165, 1.54) is 0 Å². The van der Waals surface area contributed by atoms with Gasteiger partial charge in [-0.3, -0.25) is 19.2 Å². The minimum absolute atomic E-state index is 0. The Hall–Kier alpha value is -0.564. The van der Waals surface area contributed by atoms with Crippen molar-refractivity contribution in [3.8, 4) is 0 Å². The molecule has 115 valence electrons. The normalized spacial score (nSPS) is 9.62. The fourth-order valence-electron chi connectivity index (χ4n) is 0.957. The first-order valence-corrected chi connectivity index (χ1v) is 5.50. The van der Waals surface area contributed by atoms with Crippen LogP contribution in [0, 0.1) is 0 Å². The van der Waals surface area contributed by atoms with Crippen LogP contribution in [0.5, 0.6) is 0 Å². The van der Waals surface area contributed by atoms with E-state index in [-0.39, 0.29) is 64.5 Å². The Morgan fingerprint density at radius 2 is 0.810 bits per heavy atom. The number of carbonyl (C=O) groups excluding carboxylic acids is 4. The third kappa shape index (κ3) is 14.1. The maximum absolute atomic E-state index is 10.8. The van der Waals surface area contributed by atoms with Gasteiger partial charge in [-0.2, -0.15) is 0 Å². The third-order valence-corrected chi connectivity index (χ3v) is 1.39. The van der Waals surface area contributed by atoms with Gasteiger partial charge in [0.25, 0.3) is 0 Å². The fraction of sp³-hybridized carbons (Fsp3) is 0.600. The van der Waals surface area contributed by atoms with Crippen LogP contribution in [0.25, 0.3) is 0 Å². The predicted molar refractivity (Wildman–Crippen MR) is 66.2 cm³/mol. The minimum atomic E-state index is -0.724. The maximum Gasteiger partial charge on any atom is 0.326 e. The summed E-state index contributed by atoms with van der Waals surface area (Å²) in [6.45, 7) is 3.97. The van der Waals surface area contributed by atoms with Gasteiger partial charge in [-0.25, -0.2) is 0 Å². The first kappa shape index (κ1) is 22.7. The van der Waals surface area contributed by atoms with Gasteiger partial charge in [-0.05, 0) is 0 Å². The molecule has 0 aliphatic carbocycles. The predicted octanol–water partition coefficient (Wildman–Crippen LogP) is -0.878. The summed E-state index contributed by atoms with van der Waals surface area (Å²) in [6, 6.07) is 0. The molecule has 0 amide bonds. The Balaban J connectivity index is 0. The van der Waals surface area contributed by atoms with Crippen LogP contribution in [-0.4, -0.2) is 98.8 Å². The Morgan fingerprint density at radius 3 is 0.952 bits per heavy atom. The van der Waals surface area contributed by atoms with Crippen molar-refractivity contribution in [3.63, 3.8) is 0 Å². The Bertz CT molecular complexity index is 321. The van der Waals surface area contributed by atoms with E-state index in [9.17, 15) is 19.2 Å². The van der Waals surface area contributed by atoms with Crippen molar-refractivity contribution < 1.29 is 38.5 Å². The van der Waals surface area contributed by atoms with Gasteiger partial charge in [0, 0.05) is 89.5 Å². The smallest absolute Gasteiger partial charge is 0.326 e. The molecular formula is C10H16KN2O8. The van der Waals surface area contributed by atoms with Gasteiger partial charge < -0.3 is 19.4 Å². The molecule has 0 atom stereocenters. The second-order valence-electron chi connectivity index (χ2n) is 3.44. The van der Waals surface area contributed by atoms with Crippen molar-refractivity contribution in [2.45, 2.75) is 27.7 Å². The van der Waals surface area contributed by atoms with E-state index in [2.05, 4.69) is 19.4 Å². The van der Waals surface area contributed by atoms with Gasteiger partial charge in [-0.1, -0.05) is 0 Å². The van der Waals surface area contributed by atoms with E-state index in [1.54, 1.807) is 0 Å². The summed E-state index contributed by atoms with van der Waals surface area (Å²) in [5, 5.41) is 1.15. The molecular weight excluding hydrogens is 315 g/mol. The summed E-state index contributed by atoms with van der Waals surface area (Å²) in [7, 11) is 0. The summed E-state index contributed by atoms with van der Waals surface area (Å²) < 4.78 is 0. The van der Waals surface area contributed by atoms with Crippen LogP contribution in [0.4, 0.5) is 0 Å². The Kier molecular flexibility index (Phi) is 13.0. The van der Waals surface area contributed by atoms with E-state index in [0.29, 0.717) is 10.5 Å². The monoisotopic (exact) mass is 331 g/mol. The van der Waals surface area contributed by atoms with Crippen molar-refractivity contribution in [1.82, 2.24) is 10.5 Å². The Labute approximate surface area is 163 Å². The number of nitrogens with zero attached hydrogens (tertiary/aromatic N) is 2. The summed E-state index contributed by atoms with van der Waals surface area (Å²) >= 11 is 0. The molecule has 0 saturated carbocycles. The average Bonchev–Trinajstić information content (AvgIpc) is 2.22. The molecule has 0 aromatic carbocycles. The number of hydrogen-bond donors (Lipinski definition) is 0. The maximum atomic E-state index is 10.8. The van der Waals surface area contributed by atoms with Crippen molar-refractivity contribution in [1.29, 1.82) is 0 Å². The van der Waals surface area contributed by atoms with Crippen molar-refractivity contribution in [2.75, 3.05) is 13.1 Å². The van der Waals surface area contributed by atoms with Gasteiger partial charge in [0.05, 0.1) is 13.1 Å². The van der Waals surface area contributed by atoms with E-state index in [4.69, 9.17) is 0 Å². The van der Waals surface area contributed by atoms with E-state index in [1.807, 2.05) is 0 Å². The SMILES string of the molecule is CC(=O)ON(CCN(OC(C)=O)OC(C)=O)OC(C)=O.[K]. The first-order chi connectivity index (χ1) is 9.20. The van der Waals surface area contributed by atoms with Gasteiger partial charge in [0.1, 0.15) is 0 Å². The number of hydrogen-bond acceptors (Lipinski definition) is 10. The summed E-state index contributed by atoms with van der Waals surface area (Å²) in [5.41, 5.74) is 0. The van der Waals surface area contributed by atoms with Crippen molar-refractivity contribution in [2.24, 2.45) is 0 Å². The topological polar surface area (TPSA) is 112 Å². The third-order valence-electron chi connectivity index (χ3n) is 1.39. The van der Waals surface area contributed by atoms with Crippen molar-refractivity contribution in [3.05, 3.63) is 0 Å². The number of hydroxylamine groups is 4. The molecule has 0 N–H and O–H groups in total. The molecule has 1 radical (unpaired) electrons. The molecule has 0 rings (SSSR count). The summed E-state index contributed by atoms with van der Waals surface area (Å²) in [6.07, 6.45) is 0. The van der Waals surface area contributed by atoms with Crippen LogP contribution in [0.3, 0.4) is 0 Å². The molecule has 0 aromatic heterocycles. The molecule has 0 aromatic rings. The van der Waals surface area contributed by atoms with Crippen LogP contribution >= 0.6 is 0 Å². The molecule has 0 bridgehead atoms. The molecule has 0 spiro atoms. The zero-order valence-corrected chi connectivity index (χ0v) is 15.7. The van der Waals surface area contributed by atoms with Crippen LogP contribution in [0.1, 0.15) is 27.7 Å². The van der Waals surface area contributed by atoms with E-state index in [0.717, 1.165) is 27.7 Å². The van der Waals surface area contributed by atoms with Gasteiger partial charge in [0.15, 0.2) is 0 Å². The van der Waals surface area contributed by atoms with Crippen LogP contribution in [0.2, 0.25) is 0 Å². The largest absolute Gasteiger partial charge is 0.333 e. The standard InChI is InChI=1S/C10H16N2O8.K/c1-7(13)17-11(18-8(2)14)5-6-12(19-9(3)15)20-10(4)16;/h5-6H2,1-4H3;. The zero-order chi connectivity index (χ0) is 15.7. The molecule has 0 aliphatic rings. The second-order valence-corrected chi connectivity index (χ2v) is 3.44. The quantitative estimate of drug-likeness (QED) is 0.430. The molecule has 0 unspecified atom stereocenters. The summed E-state index contributed by atoms with van der Waals surface area (Å²) in [4.78, 5) is 61.4. The average molecular weight is 331 g/mol. The summed E-state index contributed by atoms with van der Waals surface area (Å²) in [5.74, 6) is -2.90. The molecule has 0 saturated heterocycles. The Morgan fingerprint density at radius 1 is 0.619 bits per heavy atom. The molecule has 10 nitrogen and oxygen atoms in total. The molecule has 0 heterocycles. The first-order valence-electron chi connectivity index (χ1n) is 5.50. The van der Waals surface area contributed by atoms with Gasteiger partial charge in [0.2, 0.25) is 0 Å². The number of rotatable bonds is 7. The van der Waals surface area contributed by atoms with Crippen molar-refractivity contribution >= 4 is 75.3 Å². The number of carbonyl (C=O) groups is 4. The van der Waals surface area contributed by atoms with Gasteiger partial charge in [-0.15, -0.1) is 0 Å². The second kappa shape index (κ2) is 12.0. The van der Waals surface area contributed by atoms with Crippen LogP contribution in [-0.2, 0) is 38.5 Å². The van der Waals surface area contributed by atoms with E-state index >= 15 is 0 Å². The zero-order valence-electron chi connectivity index (χ0n) is 12.6. The fourth-order valence-corrected chi connectivity index (χ4v) is 0.957. The van der Waals surface area contributed by atoms with Gasteiger partial charge >= 0.3 is 23.9 Å². The van der Waals surface area contributed by atoms with Crippen LogP contribution < -0.4 is 0 Å².